The maximum absolute atomic E-state index is 12.7. The molecule has 1 N–H and O–H groups in total. The van der Waals surface area contributed by atoms with Crippen LogP contribution in [0.2, 0.25) is 0 Å². The van der Waals surface area contributed by atoms with Crippen LogP contribution in [0.1, 0.15) is 34.0 Å². The molecule has 0 spiro atoms. The van der Waals surface area contributed by atoms with Gasteiger partial charge < -0.3 is 10.2 Å². The van der Waals surface area contributed by atoms with Gasteiger partial charge in [0.1, 0.15) is 0 Å². The van der Waals surface area contributed by atoms with Gasteiger partial charge in [-0.25, -0.2) is 0 Å². The molecule has 1 heterocycles. The van der Waals surface area contributed by atoms with Crippen LogP contribution in [0.25, 0.3) is 0 Å². The Labute approximate surface area is 170 Å². The second-order valence-electron chi connectivity index (χ2n) is 6.92. The number of hydrogen-bond donors (Lipinski definition) is 1. The molecule has 0 atom stereocenters. The average Bonchev–Trinajstić information content (AvgIpc) is 3.17. The number of carbonyl (C=O) groups is 2. The minimum Gasteiger partial charge on any atom is -0.322 e. The van der Waals surface area contributed by atoms with Crippen molar-refractivity contribution in [2.24, 2.45) is 0 Å². The quantitative estimate of drug-likeness (QED) is 0.676. The Morgan fingerprint density at radius 1 is 0.897 bits per heavy atom. The molecule has 1 aliphatic heterocycles. The summed E-state index contributed by atoms with van der Waals surface area (Å²) < 4.78 is 0. The number of hydrogen-bond acceptors (Lipinski definition) is 2. The molecule has 4 heteroatoms. The monoisotopic (exact) mass is 380 g/mol. The molecule has 0 saturated carbocycles. The van der Waals surface area contributed by atoms with E-state index >= 15 is 0 Å². The van der Waals surface area contributed by atoms with E-state index in [0.29, 0.717) is 17.8 Å². The van der Waals surface area contributed by atoms with Gasteiger partial charge in [0.25, 0.3) is 5.91 Å². The lowest BCUT2D eigenvalue weighted by atomic mass is 10.1. The Hall–Kier alpha value is -3.84. The van der Waals surface area contributed by atoms with E-state index in [9.17, 15) is 9.59 Å². The highest BCUT2D eigenvalue weighted by molar-refractivity contribution is 6.05. The number of anilines is 2. The van der Waals surface area contributed by atoms with E-state index in [2.05, 4.69) is 17.2 Å². The third-order valence-corrected chi connectivity index (χ3v) is 4.86. The zero-order valence-electron chi connectivity index (χ0n) is 16.1. The van der Waals surface area contributed by atoms with Crippen molar-refractivity contribution in [1.82, 2.24) is 0 Å². The highest BCUT2D eigenvalue weighted by atomic mass is 16.2. The van der Waals surface area contributed by atoms with Crippen LogP contribution in [0.3, 0.4) is 0 Å². The summed E-state index contributed by atoms with van der Waals surface area (Å²) in [5, 5.41) is 2.93. The Morgan fingerprint density at radius 2 is 1.66 bits per heavy atom. The summed E-state index contributed by atoms with van der Waals surface area (Å²) in [4.78, 5) is 26.1. The summed E-state index contributed by atoms with van der Waals surface area (Å²) in [6, 6.07) is 22.7. The standard InChI is InChI=1S/C25H20N2O2/c1-18(28)27-15-14-21-17-22(12-13-24(21)27)25(29)26-23-9-5-8-20(16-23)11-10-19-6-3-2-4-7-19/h2-9,12-13,16-17H,14-15H2,1H3,(H,26,29). The first-order valence-electron chi connectivity index (χ1n) is 9.50. The molecule has 0 unspecified atom stereocenters. The molecule has 0 radical (unpaired) electrons. The molecule has 142 valence electrons. The van der Waals surface area contributed by atoms with Gasteiger partial charge in [0, 0.05) is 41.5 Å². The summed E-state index contributed by atoms with van der Waals surface area (Å²) in [5.74, 6) is 6.09. The highest BCUT2D eigenvalue weighted by Crippen LogP contribution is 2.29. The lowest BCUT2D eigenvalue weighted by Crippen LogP contribution is -2.25. The van der Waals surface area contributed by atoms with Crippen molar-refractivity contribution >= 4 is 23.2 Å². The summed E-state index contributed by atoms with van der Waals surface area (Å²) in [6.45, 7) is 2.22. The molecule has 2 amide bonds. The van der Waals surface area contributed by atoms with Gasteiger partial charge in [-0.05, 0) is 60.5 Å². The van der Waals surface area contributed by atoms with Gasteiger partial charge in [0.05, 0.1) is 0 Å². The third-order valence-electron chi connectivity index (χ3n) is 4.86. The van der Waals surface area contributed by atoms with Crippen molar-refractivity contribution in [2.45, 2.75) is 13.3 Å². The van der Waals surface area contributed by atoms with Crippen LogP contribution in [0.15, 0.2) is 72.8 Å². The van der Waals surface area contributed by atoms with Gasteiger partial charge in [-0.1, -0.05) is 36.1 Å². The largest absolute Gasteiger partial charge is 0.322 e. The minimum absolute atomic E-state index is 0.0226. The van der Waals surface area contributed by atoms with Crippen LogP contribution < -0.4 is 10.2 Å². The van der Waals surface area contributed by atoms with Gasteiger partial charge in [0.15, 0.2) is 0 Å². The third kappa shape index (κ3) is 4.20. The van der Waals surface area contributed by atoms with E-state index in [4.69, 9.17) is 0 Å². The zero-order valence-corrected chi connectivity index (χ0v) is 16.1. The summed E-state index contributed by atoms with van der Waals surface area (Å²) in [5.41, 5.74) is 4.97. The molecule has 0 bridgehead atoms. The molecule has 4 rings (SSSR count). The molecule has 29 heavy (non-hydrogen) atoms. The maximum Gasteiger partial charge on any atom is 0.255 e. The normalized spacial score (nSPS) is 12.0. The predicted molar refractivity (Wildman–Crippen MR) is 115 cm³/mol. The first-order chi connectivity index (χ1) is 14.1. The fraction of sp³-hybridized carbons (Fsp3) is 0.120. The van der Waals surface area contributed by atoms with E-state index in [1.54, 1.807) is 17.9 Å². The Balaban J connectivity index is 1.50. The fourth-order valence-electron chi connectivity index (χ4n) is 3.41. The van der Waals surface area contributed by atoms with Crippen LogP contribution in [0, 0.1) is 11.8 Å². The molecule has 0 fully saturated rings. The van der Waals surface area contributed by atoms with E-state index in [0.717, 1.165) is 28.8 Å². The number of nitrogens with one attached hydrogen (secondary N) is 1. The van der Waals surface area contributed by atoms with Crippen LogP contribution in [-0.2, 0) is 11.2 Å². The summed E-state index contributed by atoms with van der Waals surface area (Å²) in [6.07, 6.45) is 0.764. The van der Waals surface area contributed by atoms with Crippen LogP contribution >= 0.6 is 0 Å². The Bertz CT molecular complexity index is 1140. The first-order valence-corrected chi connectivity index (χ1v) is 9.50. The SMILES string of the molecule is CC(=O)N1CCc2cc(C(=O)Nc3cccc(C#Cc4ccccc4)c3)ccc21. The molecule has 0 aliphatic carbocycles. The molecular weight excluding hydrogens is 360 g/mol. The summed E-state index contributed by atoms with van der Waals surface area (Å²) >= 11 is 0. The topological polar surface area (TPSA) is 49.4 Å². The molecular formula is C25H20N2O2. The summed E-state index contributed by atoms with van der Waals surface area (Å²) in [7, 11) is 0. The van der Waals surface area contributed by atoms with E-state index < -0.39 is 0 Å². The molecule has 0 aromatic heterocycles. The van der Waals surface area contributed by atoms with E-state index in [1.165, 1.54) is 0 Å². The number of fused-ring (bicyclic) bond motifs is 1. The van der Waals surface area contributed by atoms with Crippen molar-refractivity contribution in [3.63, 3.8) is 0 Å². The van der Waals surface area contributed by atoms with Crippen molar-refractivity contribution < 1.29 is 9.59 Å². The molecule has 3 aromatic rings. The van der Waals surface area contributed by atoms with Gasteiger partial charge in [-0.3, -0.25) is 9.59 Å². The number of nitrogens with zero attached hydrogens (tertiary/aromatic N) is 1. The van der Waals surface area contributed by atoms with E-state index in [1.807, 2.05) is 66.7 Å². The zero-order chi connectivity index (χ0) is 20.2. The number of carbonyl (C=O) groups excluding carboxylic acids is 2. The average molecular weight is 380 g/mol. The minimum atomic E-state index is -0.178. The lowest BCUT2D eigenvalue weighted by molar-refractivity contribution is -0.116. The van der Waals surface area contributed by atoms with Gasteiger partial charge in [-0.2, -0.15) is 0 Å². The fourth-order valence-corrected chi connectivity index (χ4v) is 3.41. The first kappa shape index (κ1) is 18.5. The Morgan fingerprint density at radius 3 is 2.45 bits per heavy atom. The lowest BCUT2D eigenvalue weighted by Gasteiger charge is -2.14. The van der Waals surface area contributed by atoms with Crippen molar-refractivity contribution in [3.8, 4) is 11.8 Å². The second kappa shape index (κ2) is 8.04. The van der Waals surface area contributed by atoms with Gasteiger partial charge in [-0.15, -0.1) is 0 Å². The number of rotatable bonds is 2. The van der Waals surface area contributed by atoms with Gasteiger partial charge >= 0.3 is 0 Å². The van der Waals surface area contributed by atoms with Crippen molar-refractivity contribution in [3.05, 3.63) is 95.1 Å². The molecule has 0 saturated heterocycles. The highest BCUT2D eigenvalue weighted by Gasteiger charge is 2.23. The maximum atomic E-state index is 12.7. The number of amides is 2. The van der Waals surface area contributed by atoms with Crippen LogP contribution in [0.5, 0.6) is 0 Å². The molecule has 1 aliphatic rings. The van der Waals surface area contributed by atoms with Crippen molar-refractivity contribution in [2.75, 3.05) is 16.8 Å². The second-order valence-corrected chi connectivity index (χ2v) is 6.92. The van der Waals surface area contributed by atoms with Gasteiger partial charge in [0.2, 0.25) is 5.91 Å². The number of benzene rings is 3. The molecule has 4 nitrogen and oxygen atoms in total. The van der Waals surface area contributed by atoms with Crippen LogP contribution in [-0.4, -0.2) is 18.4 Å². The molecule has 3 aromatic carbocycles. The van der Waals surface area contributed by atoms with E-state index in [-0.39, 0.29) is 11.8 Å². The predicted octanol–water partition coefficient (Wildman–Crippen LogP) is 4.25. The Kier molecular flexibility index (Phi) is 5.13. The van der Waals surface area contributed by atoms with Crippen molar-refractivity contribution in [1.29, 1.82) is 0 Å². The smallest absolute Gasteiger partial charge is 0.255 e. The van der Waals surface area contributed by atoms with Crippen LogP contribution in [0.4, 0.5) is 11.4 Å².